The highest BCUT2D eigenvalue weighted by atomic mass is 19.3. The molecule has 0 bridgehead atoms. The highest BCUT2D eigenvalue weighted by Crippen LogP contribution is 2.25. The second-order valence-electron chi connectivity index (χ2n) is 7.81. The minimum atomic E-state index is -2.62. The average molecular weight is 469 g/mol. The molecule has 5 heterocycles. The number of ether oxygens (including phenoxy) is 2. The summed E-state index contributed by atoms with van der Waals surface area (Å²) in [6.45, 7) is 0.593. The molecule has 0 aliphatic carbocycles. The fraction of sp³-hybridized carbons (Fsp3) is 0.318. The van der Waals surface area contributed by atoms with E-state index >= 15 is 0 Å². The van der Waals surface area contributed by atoms with Crippen molar-refractivity contribution in [2.45, 2.75) is 31.9 Å². The molecule has 1 aliphatic rings. The van der Waals surface area contributed by atoms with E-state index in [-0.39, 0.29) is 18.0 Å². The van der Waals surface area contributed by atoms with E-state index in [0.29, 0.717) is 34.8 Å². The number of carbonyl (C=O) groups excluding carboxylic acids is 1. The molecule has 1 saturated heterocycles. The van der Waals surface area contributed by atoms with Crippen LogP contribution in [-0.2, 0) is 11.3 Å². The van der Waals surface area contributed by atoms with Crippen molar-refractivity contribution in [1.82, 2.24) is 29.7 Å². The highest BCUT2D eigenvalue weighted by molar-refractivity contribution is 6.04. The maximum atomic E-state index is 12.6. The van der Waals surface area contributed by atoms with Crippen molar-refractivity contribution in [1.29, 1.82) is 0 Å². The third-order valence-corrected chi connectivity index (χ3v) is 5.30. The van der Waals surface area contributed by atoms with Crippen LogP contribution >= 0.6 is 0 Å². The van der Waals surface area contributed by atoms with E-state index in [4.69, 9.17) is 9.47 Å². The zero-order valence-electron chi connectivity index (χ0n) is 17.9. The Hall–Kier alpha value is -3.93. The molecule has 0 radical (unpaired) electrons. The van der Waals surface area contributed by atoms with E-state index in [9.17, 15) is 13.6 Å². The van der Waals surface area contributed by atoms with Crippen LogP contribution in [0.3, 0.4) is 0 Å². The number of aromatic amines is 1. The number of nitrogens with zero attached hydrogens (tertiary/aromatic N) is 5. The van der Waals surface area contributed by atoms with E-state index < -0.39 is 13.0 Å². The maximum Gasteiger partial charge on any atom is 0.317 e. The van der Waals surface area contributed by atoms with Gasteiger partial charge in [-0.15, -0.1) is 0 Å². The summed E-state index contributed by atoms with van der Waals surface area (Å²) in [7, 11) is 0. The number of carbonyl (C=O) groups is 1. The SMILES string of the molecule is O=C(Nc1cc2[nH]c(-c3ccnc(OCC(F)F)n3)cc2cn1)c1cnn(CC2CCCO2)c1. The van der Waals surface area contributed by atoms with Gasteiger partial charge in [0.2, 0.25) is 0 Å². The quantitative estimate of drug-likeness (QED) is 0.406. The lowest BCUT2D eigenvalue weighted by Crippen LogP contribution is -2.15. The third kappa shape index (κ3) is 5.01. The number of nitrogens with one attached hydrogen (secondary N) is 2. The molecule has 10 nitrogen and oxygen atoms in total. The van der Waals surface area contributed by atoms with Crippen LogP contribution in [-0.4, -0.2) is 61.4 Å². The Labute approximate surface area is 192 Å². The Morgan fingerprint density at radius 3 is 3.06 bits per heavy atom. The number of anilines is 1. The van der Waals surface area contributed by atoms with Gasteiger partial charge in [-0.2, -0.15) is 10.1 Å². The first kappa shape index (κ1) is 21.9. The van der Waals surface area contributed by atoms with Crippen LogP contribution in [0.2, 0.25) is 0 Å². The zero-order chi connectivity index (χ0) is 23.5. The molecule has 0 aromatic carbocycles. The highest BCUT2D eigenvalue weighted by Gasteiger charge is 2.18. The fourth-order valence-electron chi connectivity index (χ4n) is 3.70. The van der Waals surface area contributed by atoms with Gasteiger partial charge in [0.15, 0.2) is 6.61 Å². The van der Waals surface area contributed by atoms with Crippen LogP contribution in [0.15, 0.2) is 43.0 Å². The van der Waals surface area contributed by atoms with Crippen molar-refractivity contribution in [3.63, 3.8) is 0 Å². The Morgan fingerprint density at radius 1 is 1.32 bits per heavy atom. The van der Waals surface area contributed by atoms with Crippen LogP contribution in [0.1, 0.15) is 23.2 Å². The number of halogens is 2. The van der Waals surface area contributed by atoms with Crippen molar-refractivity contribution in [3.05, 3.63) is 48.5 Å². The second kappa shape index (κ2) is 9.51. The minimum Gasteiger partial charge on any atom is -0.457 e. The summed E-state index contributed by atoms with van der Waals surface area (Å²) in [6, 6.07) is 5.00. The molecule has 1 fully saturated rings. The second-order valence-corrected chi connectivity index (χ2v) is 7.81. The van der Waals surface area contributed by atoms with E-state index in [1.54, 1.807) is 29.2 Å². The number of fused-ring (bicyclic) bond motifs is 1. The largest absolute Gasteiger partial charge is 0.457 e. The predicted molar refractivity (Wildman–Crippen MR) is 118 cm³/mol. The van der Waals surface area contributed by atoms with Gasteiger partial charge < -0.3 is 19.8 Å². The van der Waals surface area contributed by atoms with Crippen molar-refractivity contribution >= 4 is 22.6 Å². The Bertz CT molecular complexity index is 1300. The summed E-state index contributed by atoms with van der Waals surface area (Å²) in [5.74, 6) is 0.0373. The van der Waals surface area contributed by atoms with Crippen LogP contribution in [0, 0.1) is 0 Å². The maximum absolute atomic E-state index is 12.6. The number of hydrogen-bond acceptors (Lipinski definition) is 7. The van der Waals surface area contributed by atoms with Crippen LogP contribution in [0.5, 0.6) is 6.01 Å². The topological polar surface area (TPSA) is 120 Å². The number of rotatable bonds is 8. The summed E-state index contributed by atoms with van der Waals surface area (Å²) in [5, 5.41) is 7.80. The first-order valence-electron chi connectivity index (χ1n) is 10.7. The van der Waals surface area contributed by atoms with Gasteiger partial charge in [-0.3, -0.25) is 9.48 Å². The van der Waals surface area contributed by atoms with E-state index in [1.165, 1.54) is 12.4 Å². The number of alkyl halides is 2. The first-order valence-corrected chi connectivity index (χ1v) is 10.7. The molecular weight excluding hydrogens is 448 g/mol. The van der Waals surface area contributed by atoms with Gasteiger partial charge in [0.25, 0.3) is 12.3 Å². The Balaban J connectivity index is 1.28. The standard InChI is InChI=1S/C22H21F2N7O3/c23-19(24)12-34-22-25-4-3-16(29-22)18-6-13-8-26-20(7-17(13)28-18)30-21(32)14-9-27-31(10-14)11-15-2-1-5-33-15/h3-4,6-10,15,19,28H,1-2,5,11-12H2,(H,26,30,32). The molecular formula is C22H21F2N7O3. The van der Waals surface area contributed by atoms with Gasteiger partial charge in [0, 0.05) is 36.7 Å². The van der Waals surface area contributed by atoms with Gasteiger partial charge >= 0.3 is 6.01 Å². The van der Waals surface area contributed by atoms with Crippen LogP contribution in [0.4, 0.5) is 14.6 Å². The average Bonchev–Trinajstić information content (AvgIpc) is 3.59. The molecule has 1 atom stereocenters. The van der Waals surface area contributed by atoms with Gasteiger partial charge in [-0.05, 0) is 25.0 Å². The van der Waals surface area contributed by atoms with Crippen molar-refractivity contribution in [2.75, 3.05) is 18.5 Å². The molecule has 176 valence electrons. The molecule has 5 rings (SSSR count). The lowest BCUT2D eigenvalue weighted by atomic mass is 10.2. The molecule has 1 amide bonds. The van der Waals surface area contributed by atoms with Gasteiger partial charge in [-0.1, -0.05) is 0 Å². The molecule has 34 heavy (non-hydrogen) atoms. The molecule has 12 heteroatoms. The van der Waals surface area contributed by atoms with Crippen LogP contribution < -0.4 is 10.1 Å². The lowest BCUT2D eigenvalue weighted by molar-refractivity contribution is 0.0770. The number of hydrogen-bond donors (Lipinski definition) is 2. The first-order chi connectivity index (χ1) is 16.5. The molecule has 1 unspecified atom stereocenters. The Morgan fingerprint density at radius 2 is 2.24 bits per heavy atom. The monoisotopic (exact) mass is 469 g/mol. The zero-order valence-corrected chi connectivity index (χ0v) is 17.9. The summed E-state index contributed by atoms with van der Waals surface area (Å²) in [4.78, 5) is 28.1. The van der Waals surface area contributed by atoms with E-state index in [0.717, 1.165) is 24.8 Å². The minimum absolute atomic E-state index is 0.129. The molecule has 0 saturated carbocycles. The summed E-state index contributed by atoms with van der Waals surface area (Å²) in [6.07, 6.45) is 5.78. The lowest BCUT2D eigenvalue weighted by Gasteiger charge is -2.08. The van der Waals surface area contributed by atoms with E-state index in [1.807, 2.05) is 6.07 Å². The molecule has 0 spiro atoms. The summed E-state index contributed by atoms with van der Waals surface area (Å²) < 4.78 is 36.9. The van der Waals surface area contributed by atoms with E-state index in [2.05, 4.69) is 30.4 Å². The third-order valence-electron chi connectivity index (χ3n) is 5.30. The number of pyridine rings is 1. The van der Waals surface area contributed by atoms with Gasteiger partial charge in [0.05, 0.1) is 41.3 Å². The molecule has 4 aromatic heterocycles. The molecule has 1 aliphatic heterocycles. The summed E-state index contributed by atoms with van der Waals surface area (Å²) in [5.41, 5.74) is 2.23. The van der Waals surface area contributed by atoms with Gasteiger partial charge in [-0.25, -0.2) is 18.7 Å². The predicted octanol–water partition coefficient (Wildman–Crippen LogP) is 3.29. The van der Waals surface area contributed by atoms with Crippen molar-refractivity contribution in [2.24, 2.45) is 0 Å². The van der Waals surface area contributed by atoms with Crippen molar-refractivity contribution < 1.29 is 23.0 Å². The number of amides is 1. The Kier molecular flexibility index (Phi) is 6.12. The normalized spacial score (nSPS) is 15.8. The number of aromatic nitrogens is 6. The molecule has 2 N–H and O–H groups in total. The summed E-state index contributed by atoms with van der Waals surface area (Å²) >= 11 is 0. The smallest absolute Gasteiger partial charge is 0.317 e. The van der Waals surface area contributed by atoms with Gasteiger partial charge in [0.1, 0.15) is 5.82 Å². The van der Waals surface area contributed by atoms with Crippen molar-refractivity contribution in [3.8, 4) is 17.4 Å². The number of H-pyrrole nitrogens is 1. The molecule has 4 aromatic rings. The fourth-order valence-corrected chi connectivity index (χ4v) is 3.70. The van der Waals surface area contributed by atoms with Crippen LogP contribution in [0.25, 0.3) is 22.3 Å².